The number of anilines is 2. The third kappa shape index (κ3) is 2.34. The zero-order valence-electron chi connectivity index (χ0n) is 10.5. The van der Waals surface area contributed by atoms with Crippen LogP contribution in [0.25, 0.3) is 0 Å². The Hall–Kier alpha value is -1.36. The summed E-state index contributed by atoms with van der Waals surface area (Å²) >= 11 is 0. The molecule has 0 aromatic carbocycles. The highest BCUT2D eigenvalue weighted by atomic mass is 16.3. The number of nitrogen functional groups attached to an aromatic ring is 1. The third-order valence-corrected chi connectivity index (χ3v) is 3.36. The minimum Gasteiger partial charge on any atom is -0.396 e. The van der Waals surface area contributed by atoms with E-state index in [1.54, 1.807) is 0 Å². The molecule has 0 spiro atoms. The van der Waals surface area contributed by atoms with Crippen LogP contribution in [0.4, 0.5) is 11.6 Å². The van der Waals surface area contributed by atoms with Crippen LogP contribution in [0.1, 0.15) is 24.7 Å². The minimum absolute atomic E-state index is 0.247. The van der Waals surface area contributed by atoms with Crippen LogP contribution in [0.3, 0.4) is 0 Å². The van der Waals surface area contributed by atoms with Gasteiger partial charge in [-0.25, -0.2) is 9.97 Å². The van der Waals surface area contributed by atoms with E-state index in [1.807, 2.05) is 13.8 Å². The summed E-state index contributed by atoms with van der Waals surface area (Å²) in [5.74, 6) is 2.65. The van der Waals surface area contributed by atoms with Gasteiger partial charge in [-0.1, -0.05) is 6.92 Å². The molecular formula is C12H20N4O. The van der Waals surface area contributed by atoms with Gasteiger partial charge in [-0.05, 0) is 13.3 Å². The van der Waals surface area contributed by atoms with Crippen LogP contribution in [-0.4, -0.2) is 34.8 Å². The monoisotopic (exact) mass is 236 g/mol. The molecule has 0 radical (unpaired) electrons. The summed E-state index contributed by atoms with van der Waals surface area (Å²) in [5.41, 5.74) is 6.85. The zero-order chi connectivity index (χ0) is 12.4. The van der Waals surface area contributed by atoms with Gasteiger partial charge in [0.15, 0.2) is 0 Å². The second kappa shape index (κ2) is 4.87. The Morgan fingerprint density at radius 3 is 2.82 bits per heavy atom. The van der Waals surface area contributed by atoms with Gasteiger partial charge in [0.1, 0.15) is 17.5 Å². The molecule has 3 N–H and O–H groups in total. The van der Waals surface area contributed by atoms with E-state index in [0.717, 1.165) is 43.1 Å². The number of aliphatic hydroxyl groups excluding tert-OH is 1. The van der Waals surface area contributed by atoms with Crippen molar-refractivity contribution in [3.8, 4) is 0 Å². The molecule has 1 aromatic heterocycles. The van der Waals surface area contributed by atoms with Crippen LogP contribution < -0.4 is 10.6 Å². The largest absolute Gasteiger partial charge is 0.396 e. The van der Waals surface area contributed by atoms with Crippen molar-refractivity contribution in [1.29, 1.82) is 0 Å². The van der Waals surface area contributed by atoms with Crippen LogP contribution in [-0.2, 0) is 6.42 Å². The van der Waals surface area contributed by atoms with E-state index in [4.69, 9.17) is 5.73 Å². The van der Waals surface area contributed by atoms with Crippen molar-refractivity contribution in [3.63, 3.8) is 0 Å². The average Bonchev–Trinajstić information content (AvgIpc) is 2.81. The van der Waals surface area contributed by atoms with Gasteiger partial charge in [0.2, 0.25) is 0 Å². The molecule has 1 unspecified atom stereocenters. The summed E-state index contributed by atoms with van der Waals surface area (Å²) in [6.45, 7) is 6.02. The van der Waals surface area contributed by atoms with Crippen molar-refractivity contribution < 1.29 is 5.11 Å². The lowest BCUT2D eigenvalue weighted by molar-refractivity contribution is 0.238. The highest BCUT2D eigenvalue weighted by Gasteiger charge is 2.25. The zero-order valence-corrected chi connectivity index (χ0v) is 10.5. The van der Waals surface area contributed by atoms with Gasteiger partial charge in [-0.3, -0.25) is 0 Å². The van der Waals surface area contributed by atoms with Gasteiger partial charge in [0, 0.05) is 37.6 Å². The second-order valence-corrected chi connectivity index (χ2v) is 4.61. The Balaban J connectivity index is 2.28. The Morgan fingerprint density at radius 2 is 2.24 bits per heavy atom. The summed E-state index contributed by atoms with van der Waals surface area (Å²) < 4.78 is 0. The highest BCUT2D eigenvalue weighted by Crippen LogP contribution is 2.27. The smallest absolute Gasteiger partial charge is 0.137 e. The molecule has 0 bridgehead atoms. The van der Waals surface area contributed by atoms with Crippen molar-refractivity contribution in [1.82, 2.24) is 9.97 Å². The second-order valence-electron chi connectivity index (χ2n) is 4.61. The van der Waals surface area contributed by atoms with E-state index in [9.17, 15) is 5.11 Å². The van der Waals surface area contributed by atoms with E-state index in [1.165, 1.54) is 0 Å². The molecule has 2 heterocycles. The normalized spacial score (nSPS) is 19.9. The van der Waals surface area contributed by atoms with Gasteiger partial charge in [0.05, 0.1) is 0 Å². The molecule has 0 aliphatic carbocycles. The molecular weight excluding hydrogens is 216 g/mol. The van der Waals surface area contributed by atoms with Gasteiger partial charge in [-0.15, -0.1) is 0 Å². The molecule has 1 atom stereocenters. The van der Waals surface area contributed by atoms with Crippen LogP contribution >= 0.6 is 0 Å². The lowest BCUT2D eigenvalue weighted by Crippen LogP contribution is -2.24. The van der Waals surface area contributed by atoms with E-state index < -0.39 is 0 Å². The quantitative estimate of drug-likeness (QED) is 0.810. The Kier molecular flexibility index (Phi) is 3.47. The maximum atomic E-state index is 9.17. The van der Waals surface area contributed by atoms with E-state index in [0.29, 0.717) is 11.7 Å². The number of aliphatic hydroxyl groups is 1. The molecule has 0 saturated carbocycles. The first-order chi connectivity index (χ1) is 8.15. The maximum Gasteiger partial charge on any atom is 0.137 e. The molecule has 1 fully saturated rings. The predicted molar refractivity (Wildman–Crippen MR) is 68.0 cm³/mol. The number of aromatic nitrogens is 2. The summed E-state index contributed by atoms with van der Waals surface area (Å²) in [7, 11) is 0. The molecule has 1 aromatic rings. The van der Waals surface area contributed by atoms with Crippen molar-refractivity contribution in [2.24, 2.45) is 5.92 Å². The molecule has 94 valence electrons. The fourth-order valence-electron chi connectivity index (χ4n) is 2.21. The van der Waals surface area contributed by atoms with Crippen LogP contribution in [0.15, 0.2) is 0 Å². The van der Waals surface area contributed by atoms with Crippen molar-refractivity contribution in [2.45, 2.75) is 26.7 Å². The number of aryl methyl sites for hydroxylation is 1. The van der Waals surface area contributed by atoms with Gasteiger partial charge in [-0.2, -0.15) is 0 Å². The number of hydrogen-bond acceptors (Lipinski definition) is 5. The molecule has 1 aliphatic heterocycles. The first-order valence-electron chi connectivity index (χ1n) is 6.14. The average molecular weight is 236 g/mol. The standard InChI is InChI=1S/C12H20N4O/c1-3-10-14-11(13)8(2)12(15-10)16-5-4-9(6-16)7-17/h9,17H,3-7H2,1-2H3,(H2,13,14,15). The lowest BCUT2D eigenvalue weighted by Gasteiger charge is -2.20. The lowest BCUT2D eigenvalue weighted by atomic mass is 10.1. The van der Waals surface area contributed by atoms with Crippen LogP contribution in [0.5, 0.6) is 0 Å². The topological polar surface area (TPSA) is 75.3 Å². The van der Waals surface area contributed by atoms with Crippen LogP contribution in [0, 0.1) is 12.8 Å². The number of hydrogen-bond donors (Lipinski definition) is 2. The summed E-state index contributed by atoms with van der Waals surface area (Å²) in [4.78, 5) is 11.0. The predicted octanol–water partition coefficient (Wildman–Crippen LogP) is 0.748. The van der Waals surface area contributed by atoms with Crippen molar-refractivity contribution in [2.75, 3.05) is 30.3 Å². The summed E-state index contributed by atoms with van der Waals surface area (Å²) in [6.07, 6.45) is 1.80. The Labute approximate surface area is 102 Å². The van der Waals surface area contributed by atoms with E-state index in [-0.39, 0.29) is 6.61 Å². The summed E-state index contributed by atoms with van der Waals surface area (Å²) in [6, 6.07) is 0. The molecule has 5 heteroatoms. The van der Waals surface area contributed by atoms with Gasteiger partial charge in [0.25, 0.3) is 0 Å². The summed E-state index contributed by atoms with van der Waals surface area (Å²) in [5, 5.41) is 9.17. The first kappa shape index (κ1) is 12.1. The van der Waals surface area contributed by atoms with E-state index >= 15 is 0 Å². The third-order valence-electron chi connectivity index (χ3n) is 3.36. The van der Waals surface area contributed by atoms with E-state index in [2.05, 4.69) is 14.9 Å². The maximum absolute atomic E-state index is 9.17. The van der Waals surface area contributed by atoms with Gasteiger partial charge >= 0.3 is 0 Å². The molecule has 17 heavy (non-hydrogen) atoms. The van der Waals surface area contributed by atoms with Gasteiger partial charge < -0.3 is 15.7 Å². The van der Waals surface area contributed by atoms with Crippen molar-refractivity contribution >= 4 is 11.6 Å². The molecule has 2 rings (SSSR count). The molecule has 5 nitrogen and oxygen atoms in total. The fourth-order valence-corrected chi connectivity index (χ4v) is 2.21. The fraction of sp³-hybridized carbons (Fsp3) is 0.667. The molecule has 0 amide bonds. The number of nitrogens with two attached hydrogens (primary N) is 1. The Morgan fingerprint density at radius 1 is 1.47 bits per heavy atom. The SMILES string of the molecule is CCc1nc(N)c(C)c(N2CCC(CO)C2)n1. The van der Waals surface area contributed by atoms with Crippen molar-refractivity contribution in [3.05, 3.63) is 11.4 Å². The molecule has 1 aliphatic rings. The number of nitrogens with zero attached hydrogens (tertiary/aromatic N) is 3. The minimum atomic E-state index is 0.247. The number of rotatable bonds is 3. The first-order valence-corrected chi connectivity index (χ1v) is 6.14. The highest BCUT2D eigenvalue weighted by molar-refractivity contribution is 5.57. The molecule has 1 saturated heterocycles. The van der Waals surface area contributed by atoms with Crippen LogP contribution in [0.2, 0.25) is 0 Å². The Bertz CT molecular complexity index is 408.